The van der Waals surface area contributed by atoms with E-state index >= 15 is 0 Å². The Morgan fingerprint density at radius 2 is 2.03 bits per heavy atom. The first-order chi connectivity index (χ1) is 13.9. The second-order valence-electron chi connectivity index (χ2n) is 7.36. The molecule has 3 heterocycles. The SMILES string of the molecule is CC(C)c1cc(Nc2cnc3c(n2)N(Cc2c(F)ccc(F)c2Cl)CCC3)n[nH]1. The molecule has 6 nitrogen and oxygen atoms in total. The minimum atomic E-state index is -0.638. The standard InChI is InChI=1S/C20H21ClF2N6/c1-11(2)16-8-17(28-27-16)25-18-9-24-15-4-3-7-29(20(15)26-18)10-12-13(22)5-6-14(23)19(12)21/h5-6,8-9,11H,3-4,7,10H2,1-2H3,(H2,25,26,27,28). The van der Waals surface area contributed by atoms with Crippen LogP contribution in [-0.2, 0) is 13.0 Å². The van der Waals surface area contributed by atoms with Gasteiger partial charge in [-0.2, -0.15) is 5.10 Å². The number of H-pyrrole nitrogens is 1. The molecule has 0 unspecified atom stereocenters. The van der Waals surface area contributed by atoms with Crippen molar-refractivity contribution < 1.29 is 8.78 Å². The maximum atomic E-state index is 14.3. The number of aryl methyl sites for hydroxylation is 1. The molecule has 0 aliphatic carbocycles. The molecule has 0 amide bonds. The number of aromatic nitrogens is 4. The summed E-state index contributed by atoms with van der Waals surface area (Å²) in [4.78, 5) is 11.0. The van der Waals surface area contributed by atoms with Crippen molar-refractivity contribution in [1.29, 1.82) is 0 Å². The van der Waals surface area contributed by atoms with Crippen LogP contribution in [-0.4, -0.2) is 26.7 Å². The average Bonchev–Trinajstić information content (AvgIpc) is 3.17. The fraction of sp³-hybridized carbons (Fsp3) is 0.350. The van der Waals surface area contributed by atoms with Gasteiger partial charge in [0.25, 0.3) is 0 Å². The monoisotopic (exact) mass is 418 g/mol. The molecule has 0 atom stereocenters. The van der Waals surface area contributed by atoms with Gasteiger partial charge in [0.1, 0.15) is 11.6 Å². The number of nitrogens with zero attached hydrogens (tertiary/aromatic N) is 4. The Hall–Kier alpha value is -2.74. The van der Waals surface area contributed by atoms with Gasteiger partial charge in [-0.15, -0.1) is 0 Å². The molecule has 2 N–H and O–H groups in total. The number of benzene rings is 1. The molecule has 0 radical (unpaired) electrons. The largest absolute Gasteiger partial charge is 0.351 e. The number of hydrogen-bond donors (Lipinski definition) is 2. The van der Waals surface area contributed by atoms with E-state index in [4.69, 9.17) is 11.6 Å². The summed E-state index contributed by atoms with van der Waals surface area (Å²) in [6, 6.07) is 4.04. The third-order valence-corrected chi connectivity index (χ3v) is 5.34. The highest BCUT2D eigenvalue weighted by Gasteiger charge is 2.23. The molecule has 1 aliphatic rings. The molecule has 0 fully saturated rings. The molecule has 9 heteroatoms. The van der Waals surface area contributed by atoms with E-state index < -0.39 is 11.6 Å². The van der Waals surface area contributed by atoms with Gasteiger partial charge in [-0.1, -0.05) is 25.4 Å². The molecule has 0 spiro atoms. The zero-order valence-corrected chi connectivity index (χ0v) is 16.9. The van der Waals surface area contributed by atoms with E-state index in [9.17, 15) is 8.78 Å². The van der Waals surface area contributed by atoms with Gasteiger partial charge in [0.05, 0.1) is 16.9 Å². The van der Waals surface area contributed by atoms with Crippen LogP contribution in [0.15, 0.2) is 24.4 Å². The summed E-state index contributed by atoms with van der Waals surface area (Å²) in [5.41, 5.74) is 1.95. The summed E-state index contributed by atoms with van der Waals surface area (Å²) in [7, 11) is 0. The van der Waals surface area contributed by atoms with Crippen LogP contribution < -0.4 is 10.2 Å². The van der Waals surface area contributed by atoms with E-state index in [1.807, 2.05) is 11.0 Å². The summed E-state index contributed by atoms with van der Waals surface area (Å²) in [6.07, 6.45) is 3.28. The summed E-state index contributed by atoms with van der Waals surface area (Å²) in [5.74, 6) is 0.965. The molecule has 1 aliphatic heterocycles. The van der Waals surface area contributed by atoms with Gasteiger partial charge >= 0.3 is 0 Å². The van der Waals surface area contributed by atoms with Crippen LogP contribution in [0, 0.1) is 11.6 Å². The zero-order valence-electron chi connectivity index (χ0n) is 16.1. The number of halogens is 3. The predicted molar refractivity (Wildman–Crippen MR) is 109 cm³/mol. The van der Waals surface area contributed by atoms with E-state index in [1.165, 1.54) is 0 Å². The second kappa shape index (κ2) is 7.94. The van der Waals surface area contributed by atoms with Gasteiger partial charge in [-0.25, -0.2) is 13.8 Å². The quantitative estimate of drug-likeness (QED) is 0.573. The van der Waals surface area contributed by atoms with Crippen molar-refractivity contribution in [2.75, 3.05) is 16.8 Å². The minimum absolute atomic E-state index is 0.119. The lowest BCUT2D eigenvalue weighted by Gasteiger charge is -2.30. The summed E-state index contributed by atoms with van der Waals surface area (Å²) in [6.45, 7) is 4.92. The van der Waals surface area contributed by atoms with E-state index in [0.29, 0.717) is 29.9 Å². The van der Waals surface area contributed by atoms with Crippen LogP contribution >= 0.6 is 11.6 Å². The number of fused-ring (bicyclic) bond motifs is 1. The van der Waals surface area contributed by atoms with Gasteiger partial charge in [0.15, 0.2) is 17.5 Å². The molecular formula is C20H21ClF2N6. The minimum Gasteiger partial charge on any atom is -0.351 e. The van der Waals surface area contributed by atoms with Crippen molar-refractivity contribution in [2.24, 2.45) is 0 Å². The molecule has 3 aromatic rings. The van der Waals surface area contributed by atoms with Gasteiger partial charge in [-0.05, 0) is 30.9 Å². The highest BCUT2D eigenvalue weighted by molar-refractivity contribution is 6.31. The van der Waals surface area contributed by atoms with Crippen LogP contribution in [0.3, 0.4) is 0 Å². The van der Waals surface area contributed by atoms with Crippen LogP contribution in [0.2, 0.25) is 5.02 Å². The van der Waals surface area contributed by atoms with Gasteiger partial charge < -0.3 is 10.2 Å². The normalized spacial score (nSPS) is 13.7. The van der Waals surface area contributed by atoms with Crippen molar-refractivity contribution in [2.45, 2.75) is 39.2 Å². The molecule has 0 saturated heterocycles. The van der Waals surface area contributed by atoms with E-state index in [-0.39, 0.29) is 17.1 Å². The molecule has 2 aromatic heterocycles. The van der Waals surface area contributed by atoms with Crippen LogP contribution in [0.4, 0.5) is 26.2 Å². The average molecular weight is 419 g/mol. The summed E-state index contributed by atoms with van der Waals surface area (Å²) < 4.78 is 28.1. The predicted octanol–water partition coefficient (Wildman–Crippen LogP) is 4.95. The molecule has 1 aromatic carbocycles. The molecule has 4 rings (SSSR count). The third kappa shape index (κ3) is 4.03. The molecule has 29 heavy (non-hydrogen) atoms. The fourth-order valence-electron chi connectivity index (χ4n) is 3.32. The highest BCUT2D eigenvalue weighted by Crippen LogP contribution is 2.30. The first-order valence-corrected chi connectivity index (χ1v) is 9.85. The van der Waals surface area contributed by atoms with Crippen molar-refractivity contribution in [3.63, 3.8) is 0 Å². The third-order valence-electron chi connectivity index (χ3n) is 4.93. The second-order valence-corrected chi connectivity index (χ2v) is 7.74. The lowest BCUT2D eigenvalue weighted by Crippen LogP contribution is -2.31. The van der Waals surface area contributed by atoms with Crippen LogP contribution in [0.5, 0.6) is 0 Å². The molecule has 0 bridgehead atoms. The Morgan fingerprint density at radius 1 is 1.24 bits per heavy atom. The first kappa shape index (κ1) is 19.6. The molecule has 152 valence electrons. The lowest BCUT2D eigenvalue weighted by atomic mass is 10.1. The Labute approximate surface area is 172 Å². The van der Waals surface area contributed by atoms with Crippen molar-refractivity contribution >= 4 is 29.1 Å². The van der Waals surface area contributed by atoms with Crippen LogP contribution in [0.1, 0.15) is 43.1 Å². The topological polar surface area (TPSA) is 69.7 Å². The van der Waals surface area contributed by atoms with Crippen LogP contribution in [0.25, 0.3) is 0 Å². The molecule has 0 saturated carbocycles. The van der Waals surface area contributed by atoms with Crippen molar-refractivity contribution in [1.82, 2.24) is 20.2 Å². The smallest absolute Gasteiger partial charge is 0.153 e. The van der Waals surface area contributed by atoms with Crippen molar-refractivity contribution in [3.8, 4) is 0 Å². The fourth-order valence-corrected chi connectivity index (χ4v) is 3.54. The summed E-state index contributed by atoms with van der Waals surface area (Å²) >= 11 is 6.01. The number of hydrogen-bond acceptors (Lipinski definition) is 5. The maximum Gasteiger partial charge on any atom is 0.153 e. The number of rotatable bonds is 5. The maximum absolute atomic E-state index is 14.3. The Balaban J connectivity index is 1.61. The van der Waals surface area contributed by atoms with Gasteiger partial charge in [-0.3, -0.25) is 10.1 Å². The molecular weight excluding hydrogens is 398 g/mol. The Morgan fingerprint density at radius 3 is 2.79 bits per heavy atom. The zero-order chi connectivity index (χ0) is 20.5. The number of anilines is 3. The number of nitrogens with one attached hydrogen (secondary N) is 2. The highest BCUT2D eigenvalue weighted by atomic mass is 35.5. The first-order valence-electron chi connectivity index (χ1n) is 9.48. The van der Waals surface area contributed by atoms with E-state index in [1.54, 1.807) is 6.20 Å². The van der Waals surface area contributed by atoms with Crippen molar-refractivity contribution in [3.05, 3.63) is 58.0 Å². The Bertz CT molecular complexity index is 1040. The van der Waals surface area contributed by atoms with Gasteiger partial charge in [0, 0.05) is 30.4 Å². The van der Waals surface area contributed by atoms with Gasteiger partial charge in [0.2, 0.25) is 0 Å². The van der Waals surface area contributed by atoms with E-state index in [0.717, 1.165) is 36.4 Å². The Kier molecular flexibility index (Phi) is 5.36. The van der Waals surface area contributed by atoms with E-state index in [2.05, 4.69) is 39.3 Å². The summed E-state index contributed by atoms with van der Waals surface area (Å²) in [5, 5.41) is 10.2. The number of aromatic amines is 1. The lowest BCUT2D eigenvalue weighted by molar-refractivity contribution is 0.574.